The third kappa shape index (κ3) is 2.26. The Labute approximate surface area is 119 Å². The fourth-order valence-corrected chi connectivity index (χ4v) is 3.09. The molecule has 2 unspecified atom stereocenters. The molecule has 0 spiro atoms. The number of rotatable bonds is 2. The summed E-state index contributed by atoms with van der Waals surface area (Å²) in [6.45, 7) is 0.621. The number of hydrogen-bond donors (Lipinski definition) is 1. The number of aromatic nitrogens is 3. The summed E-state index contributed by atoms with van der Waals surface area (Å²) in [7, 11) is 1.85. The average molecular weight is 323 g/mol. The second-order valence-electron chi connectivity index (χ2n) is 4.80. The molecule has 6 heteroatoms. The van der Waals surface area contributed by atoms with Crippen LogP contribution in [0.2, 0.25) is 0 Å². The molecule has 0 aliphatic carbocycles. The van der Waals surface area contributed by atoms with Crippen LogP contribution in [0.25, 0.3) is 0 Å². The van der Waals surface area contributed by atoms with Crippen molar-refractivity contribution in [1.29, 1.82) is 0 Å². The standard InChI is InChI=1S/C13H15BrN4O/c1-18-12(13(14)16-17-18)11(15)9-6-8-4-2-3-5-10(8)19-7-9/h2-5,9,11H,6-7,15H2,1H3. The molecule has 2 atom stereocenters. The number of halogens is 1. The van der Waals surface area contributed by atoms with E-state index in [1.807, 2.05) is 25.2 Å². The topological polar surface area (TPSA) is 66.0 Å². The van der Waals surface area contributed by atoms with E-state index in [0.29, 0.717) is 11.2 Å². The third-order valence-electron chi connectivity index (χ3n) is 3.56. The molecule has 1 aliphatic rings. The molecular formula is C13H15BrN4O. The molecule has 0 bridgehead atoms. The Morgan fingerprint density at radius 3 is 3.00 bits per heavy atom. The monoisotopic (exact) mass is 322 g/mol. The zero-order valence-corrected chi connectivity index (χ0v) is 12.2. The van der Waals surface area contributed by atoms with Crippen LogP contribution in [0.5, 0.6) is 5.75 Å². The lowest BCUT2D eigenvalue weighted by Gasteiger charge is -2.29. The molecule has 0 radical (unpaired) electrons. The van der Waals surface area contributed by atoms with Crippen LogP contribution in [0.1, 0.15) is 17.3 Å². The number of ether oxygens (including phenoxy) is 1. The van der Waals surface area contributed by atoms with Gasteiger partial charge in [-0.1, -0.05) is 23.4 Å². The van der Waals surface area contributed by atoms with Crippen LogP contribution in [0.15, 0.2) is 28.9 Å². The molecule has 100 valence electrons. The quantitative estimate of drug-likeness (QED) is 0.916. The smallest absolute Gasteiger partial charge is 0.153 e. The van der Waals surface area contributed by atoms with Crippen molar-refractivity contribution >= 4 is 15.9 Å². The van der Waals surface area contributed by atoms with Crippen molar-refractivity contribution in [2.45, 2.75) is 12.5 Å². The van der Waals surface area contributed by atoms with Gasteiger partial charge in [0.2, 0.25) is 0 Å². The Hall–Kier alpha value is -1.40. The van der Waals surface area contributed by atoms with Gasteiger partial charge in [0, 0.05) is 13.0 Å². The van der Waals surface area contributed by atoms with Crippen molar-refractivity contribution in [2.24, 2.45) is 18.7 Å². The van der Waals surface area contributed by atoms with Gasteiger partial charge in [0.1, 0.15) is 5.75 Å². The lowest BCUT2D eigenvalue weighted by molar-refractivity contribution is 0.196. The van der Waals surface area contributed by atoms with Gasteiger partial charge >= 0.3 is 0 Å². The second kappa shape index (κ2) is 4.94. The van der Waals surface area contributed by atoms with Gasteiger partial charge in [-0.2, -0.15) is 0 Å². The van der Waals surface area contributed by atoms with E-state index in [1.165, 1.54) is 5.56 Å². The Balaban J connectivity index is 1.85. The molecule has 0 saturated carbocycles. The van der Waals surface area contributed by atoms with Crippen molar-refractivity contribution in [1.82, 2.24) is 15.0 Å². The SMILES string of the molecule is Cn1nnc(Br)c1C(N)C1COc2ccccc2C1. The van der Waals surface area contributed by atoms with Gasteiger partial charge in [-0.15, -0.1) is 5.10 Å². The first-order valence-corrected chi connectivity index (χ1v) is 6.97. The molecule has 1 aromatic heterocycles. The van der Waals surface area contributed by atoms with Gasteiger partial charge < -0.3 is 10.5 Å². The molecule has 19 heavy (non-hydrogen) atoms. The highest BCUT2D eigenvalue weighted by Gasteiger charge is 2.29. The number of para-hydroxylation sites is 1. The third-order valence-corrected chi connectivity index (χ3v) is 4.12. The summed E-state index contributed by atoms with van der Waals surface area (Å²) in [6.07, 6.45) is 0.912. The molecule has 2 aromatic rings. The second-order valence-corrected chi connectivity index (χ2v) is 5.55. The van der Waals surface area contributed by atoms with Crippen LogP contribution in [-0.4, -0.2) is 21.6 Å². The molecule has 3 rings (SSSR count). The zero-order valence-electron chi connectivity index (χ0n) is 10.6. The van der Waals surface area contributed by atoms with Crippen LogP contribution >= 0.6 is 15.9 Å². The van der Waals surface area contributed by atoms with E-state index in [9.17, 15) is 0 Å². The molecular weight excluding hydrogens is 308 g/mol. The minimum Gasteiger partial charge on any atom is -0.493 e. The van der Waals surface area contributed by atoms with Crippen LogP contribution in [0.3, 0.4) is 0 Å². The summed E-state index contributed by atoms with van der Waals surface area (Å²) in [5.41, 5.74) is 8.48. The van der Waals surface area contributed by atoms with Crippen molar-refractivity contribution in [3.63, 3.8) is 0 Å². The summed E-state index contributed by atoms with van der Waals surface area (Å²) < 4.78 is 8.22. The Morgan fingerprint density at radius 2 is 2.26 bits per heavy atom. The highest BCUT2D eigenvalue weighted by Crippen LogP contribution is 2.33. The normalized spacial score (nSPS) is 19.6. The maximum Gasteiger partial charge on any atom is 0.153 e. The van der Waals surface area contributed by atoms with Crippen molar-refractivity contribution in [3.05, 3.63) is 40.1 Å². The molecule has 1 aliphatic heterocycles. The zero-order chi connectivity index (χ0) is 13.4. The van der Waals surface area contributed by atoms with E-state index < -0.39 is 0 Å². The van der Waals surface area contributed by atoms with Crippen LogP contribution in [-0.2, 0) is 13.5 Å². The highest BCUT2D eigenvalue weighted by molar-refractivity contribution is 9.10. The molecule has 2 N–H and O–H groups in total. The predicted octanol–water partition coefficient (Wildman–Crippen LogP) is 1.83. The van der Waals surface area contributed by atoms with Gasteiger partial charge in [-0.05, 0) is 34.0 Å². The van der Waals surface area contributed by atoms with Crippen molar-refractivity contribution in [3.8, 4) is 5.75 Å². The molecule has 0 amide bonds. The highest BCUT2D eigenvalue weighted by atomic mass is 79.9. The number of fused-ring (bicyclic) bond motifs is 1. The first-order valence-electron chi connectivity index (χ1n) is 6.18. The van der Waals surface area contributed by atoms with E-state index >= 15 is 0 Å². The lowest BCUT2D eigenvalue weighted by atomic mass is 9.89. The molecule has 0 fully saturated rings. The van der Waals surface area contributed by atoms with Crippen LogP contribution in [0.4, 0.5) is 0 Å². The van der Waals surface area contributed by atoms with Crippen LogP contribution < -0.4 is 10.5 Å². The van der Waals surface area contributed by atoms with E-state index in [0.717, 1.165) is 17.9 Å². The van der Waals surface area contributed by atoms with E-state index in [1.54, 1.807) is 4.68 Å². The number of nitrogens with zero attached hydrogens (tertiary/aromatic N) is 3. The van der Waals surface area contributed by atoms with Crippen molar-refractivity contribution in [2.75, 3.05) is 6.61 Å². The molecule has 5 nitrogen and oxygen atoms in total. The summed E-state index contributed by atoms with van der Waals surface area (Å²) in [4.78, 5) is 0. The largest absolute Gasteiger partial charge is 0.493 e. The maximum atomic E-state index is 6.36. The average Bonchev–Trinajstić information content (AvgIpc) is 2.77. The van der Waals surface area contributed by atoms with Gasteiger partial charge in [-0.3, -0.25) is 0 Å². The summed E-state index contributed by atoms with van der Waals surface area (Å²) >= 11 is 3.40. The number of benzene rings is 1. The minimum absolute atomic E-state index is 0.150. The summed E-state index contributed by atoms with van der Waals surface area (Å²) in [5, 5.41) is 7.96. The van der Waals surface area contributed by atoms with Gasteiger partial charge in [0.05, 0.1) is 18.3 Å². The lowest BCUT2D eigenvalue weighted by Crippen LogP contribution is -2.32. The number of hydrogen-bond acceptors (Lipinski definition) is 4. The fraction of sp³-hybridized carbons (Fsp3) is 0.385. The Morgan fingerprint density at radius 1 is 1.47 bits per heavy atom. The van der Waals surface area contributed by atoms with Gasteiger partial charge in [0.25, 0.3) is 0 Å². The summed E-state index contributed by atoms with van der Waals surface area (Å²) in [5.74, 6) is 1.19. The van der Waals surface area contributed by atoms with Gasteiger partial charge in [0.15, 0.2) is 4.60 Å². The number of nitrogens with two attached hydrogens (primary N) is 1. The molecule has 0 saturated heterocycles. The minimum atomic E-state index is -0.150. The predicted molar refractivity (Wildman–Crippen MR) is 74.8 cm³/mol. The molecule has 1 aromatic carbocycles. The molecule has 2 heterocycles. The van der Waals surface area contributed by atoms with Crippen molar-refractivity contribution < 1.29 is 4.74 Å². The first-order chi connectivity index (χ1) is 9.16. The first kappa shape index (κ1) is 12.6. The Bertz CT molecular complexity index is 579. The maximum absolute atomic E-state index is 6.36. The Kier molecular flexibility index (Phi) is 3.28. The van der Waals surface area contributed by atoms with E-state index in [4.69, 9.17) is 10.5 Å². The van der Waals surface area contributed by atoms with E-state index in [2.05, 4.69) is 32.3 Å². The van der Waals surface area contributed by atoms with Crippen LogP contribution in [0, 0.1) is 5.92 Å². The van der Waals surface area contributed by atoms with Gasteiger partial charge in [-0.25, -0.2) is 4.68 Å². The number of aryl methyl sites for hydroxylation is 1. The fourth-order valence-electron chi connectivity index (χ4n) is 2.50. The van der Waals surface area contributed by atoms with E-state index in [-0.39, 0.29) is 12.0 Å². The summed E-state index contributed by atoms with van der Waals surface area (Å²) in [6, 6.07) is 7.95.